The molecule has 2 aromatic rings. The van der Waals surface area contributed by atoms with Gasteiger partial charge in [0.05, 0.1) is 11.0 Å². The van der Waals surface area contributed by atoms with E-state index >= 15 is 0 Å². The third kappa shape index (κ3) is 2.66. The zero-order chi connectivity index (χ0) is 11.6. The maximum atomic E-state index is 4.43. The lowest BCUT2D eigenvalue weighted by atomic mass is 10.1. The molecule has 0 aliphatic rings. The minimum absolute atomic E-state index is 0.0804. The van der Waals surface area contributed by atoms with Crippen molar-refractivity contribution in [3.63, 3.8) is 0 Å². The molecule has 0 saturated heterocycles. The van der Waals surface area contributed by atoms with Crippen LogP contribution in [0, 0.1) is 6.92 Å². The van der Waals surface area contributed by atoms with Crippen LogP contribution in [-0.4, -0.2) is 9.97 Å². The fourth-order valence-corrected chi connectivity index (χ4v) is 2.73. The molecule has 0 atom stereocenters. The van der Waals surface area contributed by atoms with Crippen molar-refractivity contribution in [3.05, 3.63) is 32.7 Å². The second-order valence-corrected chi connectivity index (χ2v) is 6.43. The van der Waals surface area contributed by atoms with Gasteiger partial charge in [-0.1, -0.05) is 0 Å². The van der Waals surface area contributed by atoms with E-state index in [4.69, 9.17) is 0 Å². The second-order valence-electron chi connectivity index (χ2n) is 4.22. The van der Waals surface area contributed by atoms with Gasteiger partial charge < -0.3 is 5.32 Å². The topological polar surface area (TPSA) is 37.8 Å². The summed E-state index contributed by atoms with van der Waals surface area (Å²) in [5.74, 6) is 0. The van der Waals surface area contributed by atoms with Crippen molar-refractivity contribution in [1.82, 2.24) is 15.3 Å². The highest BCUT2D eigenvalue weighted by Gasteiger charge is 2.23. The van der Waals surface area contributed by atoms with Gasteiger partial charge in [0, 0.05) is 28.7 Å². The summed E-state index contributed by atoms with van der Waals surface area (Å²) in [7, 11) is 0. The molecule has 0 aliphatic heterocycles. The molecular formula is C11H15N3S2. The van der Waals surface area contributed by atoms with Gasteiger partial charge in [0.2, 0.25) is 0 Å². The van der Waals surface area contributed by atoms with Crippen molar-refractivity contribution >= 4 is 22.7 Å². The first-order chi connectivity index (χ1) is 7.58. The number of hydrogen-bond donors (Lipinski definition) is 1. The van der Waals surface area contributed by atoms with Crippen molar-refractivity contribution in [1.29, 1.82) is 0 Å². The summed E-state index contributed by atoms with van der Waals surface area (Å²) in [6.07, 6.45) is 3.83. The minimum atomic E-state index is -0.0804. The Morgan fingerprint density at radius 1 is 1.38 bits per heavy atom. The van der Waals surface area contributed by atoms with Crippen molar-refractivity contribution in [2.75, 3.05) is 0 Å². The van der Waals surface area contributed by atoms with Gasteiger partial charge in [-0.3, -0.25) is 4.98 Å². The minimum Gasteiger partial charge on any atom is -0.301 e. The average Bonchev–Trinajstić information content (AvgIpc) is 2.85. The molecule has 0 radical (unpaired) electrons. The molecule has 0 aromatic carbocycles. The van der Waals surface area contributed by atoms with Gasteiger partial charge >= 0.3 is 0 Å². The summed E-state index contributed by atoms with van der Waals surface area (Å²) in [6, 6.07) is 0. The van der Waals surface area contributed by atoms with Crippen molar-refractivity contribution < 1.29 is 0 Å². The number of rotatable bonds is 4. The summed E-state index contributed by atoms with van der Waals surface area (Å²) in [5.41, 5.74) is 1.78. The zero-order valence-corrected chi connectivity index (χ0v) is 11.3. The summed E-state index contributed by atoms with van der Waals surface area (Å²) in [6.45, 7) is 7.25. The van der Waals surface area contributed by atoms with E-state index in [2.05, 4.69) is 36.1 Å². The molecule has 0 saturated carbocycles. The molecular weight excluding hydrogens is 238 g/mol. The molecule has 0 unspecified atom stereocenters. The predicted octanol–water partition coefficient (Wildman–Crippen LogP) is 2.93. The zero-order valence-electron chi connectivity index (χ0n) is 9.65. The lowest BCUT2D eigenvalue weighted by Gasteiger charge is -2.23. The third-order valence-corrected chi connectivity index (χ3v) is 4.36. The fourth-order valence-electron chi connectivity index (χ4n) is 1.36. The lowest BCUT2D eigenvalue weighted by Crippen LogP contribution is -2.35. The van der Waals surface area contributed by atoms with Gasteiger partial charge in [-0.05, 0) is 20.8 Å². The van der Waals surface area contributed by atoms with Crippen molar-refractivity contribution in [2.45, 2.75) is 32.9 Å². The van der Waals surface area contributed by atoms with Crippen LogP contribution in [0.25, 0.3) is 0 Å². The molecule has 2 rings (SSSR count). The van der Waals surface area contributed by atoms with Gasteiger partial charge in [0.15, 0.2) is 0 Å². The normalized spacial score (nSPS) is 11.9. The number of hydrogen-bond acceptors (Lipinski definition) is 5. The maximum absolute atomic E-state index is 4.43. The first kappa shape index (κ1) is 11.7. The van der Waals surface area contributed by atoms with Crippen LogP contribution >= 0.6 is 22.7 Å². The maximum Gasteiger partial charge on any atom is 0.112 e. The lowest BCUT2D eigenvalue weighted by molar-refractivity contribution is 0.401. The van der Waals surface area contributed by atoms with E-state index in [-0.39, 0.29) is 5.54 Å². The first-order valence-corrected chi connectivity index (χ1v) is 6.83. The van der Waals surface area contributed by atoms with E-state index in [0.29, 0.717) is 0 Å². The molecule has 86 valence electrons. The van der Waals surface area contributed by atoms with Crippen LogP contribution in [0.5, 0.6) is 0 Å². The van der Waals surface area contributed by atoms with Crippen LogP contribution in [0.3, 0.4) is 0 Å². The fraction of sp³-hybridized carbons (Fsp3) is 0.455. The summed E-state index contributed by atoms with van der Waals surface area (Å²) in [4.78, 5) is 11.0. The van der Waals surface area contributed by atoms with Crippen molar-refractivity contribution in [2.24, 2.45) is 0 Å². The molecule has 5 heteroatoms. The molecule has 2 aromatic heterocycles. The SMILES string of the molecule is Cc1cnc(C(C)(C)NCc2cncs2)s1. The molecule has 1 N–H and O–H groups in total. The van der Waals surface area contributed by atoms with Gasteiger partial charge in [0.1, 0.15) is 5.01 Å². The Morgan fingerprint density at radius 2 is 2.19 bits per heavy atom. The number of nitrogens with zero attached hydrogens (tertiary/aromatic N) is 2. The van der Waals surface area contributed by atoms with Crippen LogP contribution in [-0.2, 0) is 12.1 Å². The smallest absolute Gasteiger partial charge is 0.112 e. The number of aryl methyl sites for hydroxylation is 1. The highest BCUT2D eigenvalue weighted by Crippen LogP contribution is 2.25. The Kier molecular flexibility index (Phi) is 3.37. The van der Waals surface area contributed by atoms with Gasteiger partial charge in [-0.2, -0.15) is 0 Å². The van der Waals surface area contributed by atoms with Gasteiger partial charge in [-0.25, -0.2) is 4.98 Å². The summed E-state index contributed by atoms with van der Waals surface area (Å²) < 4.78 is 0. The van der Waals surface area contributed by atoms with Crippen LogP contribution in [0.2, 0.25) is 0 Å². The van der Waals surface area contributed by atoms with Gasteiger partial charge in [-0.15, -0.1) is 22.7 Å². The molecule has 2 heterocycles. The van der Waals surface area contributed by atoms with E-state index in [0.717, 1.165) is 11.6 Å². The van der Waals surface area contributed by atoms with Crippen LogP contribution in [0.15, 0.2) is 17.9 Å². The molecule has 0 fully saturated rings. The van der Waals surface area contributed by atoms with Crippen LogP contribution in [0.4, 0.5) is 0 Å². The van der Waals surface area contributed by atoms with Crippen molar-refractivity contribution in [3.8, 4) is 0 Å². The highest BCUT2D eigenvalue weighted by atomic mass is 32.1. The molecule has 16 heavy (non-hydrogen) atoms. The quantitative estimate of drug-likeness (QED) is 0.910. The van der Waals surface area contributed by atoms with Crippen LogP contribution < -0.4 is 5.32 Å². The largest absolute Gasteiger partial charge is 0.301 e. The van der Waals surface area contributed by atoms with E-state index in [9.17, 15) is 0 Å². The Morgan fingerprint density at radius 3 is 2.75 bits per heavy atom. The predicted molar refractivity (Wildman–Crippen MR) is 68.8 cm³/mol. The Labute approximate surface area is 104 Å². The Hall–Kier alpha value is -0.780. The average molecular weight is 253 g/mol. The number of nitrogens with one attached hydrogen (secondary N) is 1. The third-order valence-electron chi connectivity index (χ3n) is 2.34. The van der Waals surface area contributed by atoms with E-state index in [1.165, 1.54) is 9.75 Å². The molecule has 0 bridgehead atoms. The summed E-state index contributed by atoms with van der Waals surface area (Å²) >= 11 is 3.42. The number of aromatic nitrogens is 2. The van der Waals surface area contributed by atoms with E-state index in [1.54, 1.807) is 22.7 Å². The Balaban J connectivity index is 2.02. The number of thiazole rings is 2. The molecule has 3 nitrogen and oxygen atoms in total. The highest BCUT2D eigenvalue weighted by molar-refractivity contribution is 7.11. The standard InChI is InChI=1S/C11H15N3S2/c1-8-4-13-10(16-8)11(2,3)14-6-9-5-12-7-15-9/h4-5,7,14H,6H2,1-3H3. The second kappa shape index (κ2) is 4.61. The monoisotopic (exact) mass is 253 g/mol. The molecule has 0 aliphatic carbocycles. The molecule has 0 amide bonds. The molecule has 0 spiro atoms. The van der Waals surface area contributed by atoms with Crippen LogP contribution in [0.1, 0.15) is 28.6 Å². The van der Waals surface area contributed by atoms with Gasteiger partial charge in [0.25, 0.3) is 0 Å². The summed E-state index contributed by atoms with van der Waals surface area (Å²) in [5, 5.41) is 4.64. The first-order valence-electron chi connectivity index (χ1n) is 5.13. The van der Waals surface area contributed by atoms with E-state index in [1.807, 2.05) is 17.9 Å². The van der Waals surface area contributed by atoms with E-state index < -0.39 is 0 Å². The Bertz CT molecular complexity index is 446.